The minimum atomic E-state index is -0.266. The van der Waals surface area contributed by atoms with E-state index in [1.807, 2.05) is 18.7 Å². The molecule has 0 aromatic heterocycles. The third-order valence-electron chi connectivity index (χ3n) is 5.73. The normalized spacial score (nSPS) is 37.3. The zero-order chi connectivity index (χ0) is 16.4. The van der Waals surface area contributed by atoms with Gasteiger partial charge in [0, 0.05) is 25.7 Å². The van der Waals surface area contributed by atoms with Crippen LogP contribution in [0.2, 0.25) is 0 Å². The molecule has 3 aliphatic rings. The van der Waals surface area contributed by atoms with E-state index in [0.29, 0.717) is 38.1 Å². The van der Waals surface area contributed by atoms with Crippen LogP contribution in [-0.4, -0.2) is 71.3 Å². The van der Waals surface area contributed by atoms with E-state index < -0.39 is 0 Å². The number of nitrogens with zero attached hydrogens (tertiary/aromatic N) is 2. The number of morpholine rings is 1. The van der Waals surface area contributed by atoms with Gasteiger partial charge in [-0.25, -0.2) is 0 Å². The summed E-state index contributed by atoms with van der Waals surface area (Å²) in [6.45, 7) is 6.54. The fraction of sp³-hybridized carbons (Fsp3) is 0.944. The summed E-state index contributed by atoms with van der Waals surface area (Å²) in [5.41, 5.74) is 0. The highest BCUT2D eigenvalue weighted by molar-refractivity contribution is 5.78. The van der Waals surface area contributed by atoms with Crippen molar-refractivity contribution < 1.29 is 14.6 Å². The van der Waals surface area contributed by atoms with Crippen LogP contribution >= 0.6 is 0 Å². The minimum Gasteiger partial charge on any atom is -0.392 e. The zero-order valence-corrected chi connectivity index (χ0v) is 14.6. The summed E-state index contributed by atoms with van der Waals surface area (Å²) >= 11 is 0. The number of ether oxygens (including phenoxy) is 1. The molecule has 0 aromatic rings. The molecule has 1 aliphatic carbocycles. The lowest BCUT2D eigenvalue weighted by molar-refractivity contribution is -0.144. The first-order valence-corrected chi connectivity index (χ1v) is 9.38. The number of rotatable bonds is 3. The number of β-amino-alcohol motifs (C(OH)–C–C–N with tert-alkyl or cyclic N) is 1. The van der Waals surface area contributed by atoms with Crippen molar-refractivity contribution in [2.24, 2.45) is 5.92 Å². The number of likely N-dealkylation sites (tertiary alicyclic amines) is 1. The van der Waals surface area contributed by atoms with E-state index in [2.05, 4.69) is 4.90 Å². The Morgan fingerprint density at radius 2 is 1.74 bits per heavy atom. The molecular weight excluding hydrogens is 292 g/mol. The Morgan fingerprint density at radius 1 is 1.09 bits per heavy atom. The van der Waals surface area contributed by atoms with E-state index in [4.69, 9.17) is 4.74 Å². The van der Waals surface area contributed by atoms with Crippen molar-refractivity contribution >= 4 is 5.91 Å². The molecule has 5 nitrogen and oxygen atoms in total. The first-order valence-electron chi connectivity index (χ1n) is 9.38. The average Bonchev–Trinajstić information content (AvgIpc) is 2.87. The molecule has 1 saturated carbocycles. The topological polar surface area (TPSA) is 53.0 Å². The lowest BCUT2D eigenvalue weighted by Gasteiger charge is -2.38. The van der Waals surface area contributed by atoms with E-state index in [0.717, 1.165) is 6.42 Å². The van der Waals surface area contributed by atoms with Gasteiger partial charge in [0.25, 0.3) is 0 Å². The van der Waals surface area contributed by atoms with Crippen molar-refractivity contribution in [2.45, 2.75) is 76.7 Å². The fourth-order valence-electron chi connectivity index (χ4n) is 4.76. The standard InChI is InChI=1S/C18H32N2O3/c1-13-9-20(10-14(2)23-13)18(22)12-19-11-16(21)8-17(19)15-6-4-3-5-7-15/h13-17,21H,3-12H2,1-2H3/t13-,14+,16-,17+/m1/s1. The molecule has 3 rings (SSSR count). The predicted molar refractivity (Wildman–Crippen MR) is 89.1 cm³/mol. The van der Waals surface area contributed by atoms with E-state index in [1.165, 1.54) is 32.1 Å². The van der Waals surface area contributed by atoms with Gasteiger partial charge in [0.15, 0.2) is 0 Å². The average molecular weight is 324 g/mol. The molecule has 2 heterocycles. The second-order valence-electron chi connectivity index (χ2n) is 7.84. The molecule has 0 spiro atoms. The van der Waals surface area contributed by atoms with Crippen LogP contribution < -0.4 is 0 Å². The highest BCUT2D eigenvalue weighted by Gasteiger charge is 2.38. The van der Waals surface area contributed by atoms with Crippen LogP contribution in [0.25, 0.3) is 0 Å². The summed E-state index contributed by atoms with van der Waals surface area (Å²) in [7, 11) is 0. The molecule has 4 atom stereocenters. The summed E-state index contributed by atoms with van der Waals surface area (Å²) in [5.74, 6) is 0.859. The molecule has 2 aliphatic heterocycles. The maximum Gasteiger partial charge on any atom is 0.236 e. The molecule has 1 amide bonds. The van der Waals surface area contributed by atoms with Crippen LogP contribution in [0.4, 0.5) is 0 Å². The van der Waals surface area contributed by atoms with Crippen LogP contribution in [0, 0.1) is 5.92 Å². The van der Waals surface area contributed by atoms with Gasteiger partial charge in [-0.15, -0.1) is 0 Å². The molecule has 1 N–H and O–H groups in total. The van der Waals surface area contributed by atoms with Gasteiger partial charge in [0.1, 0.15) is 0 Å². The molecule has 0 unspecified atom stereocenters. The molecule has 5 heteroatoms. The SMILES string of the molecule is C[C@@H]1CN(C(=O)CN2C[C@H](O)C[C@H]2C2CCCCC2)C[C@H](C)O1. The molecule has 3 fully saturated rings. The Labute approximate surface area is 140 Å². The number of hydrogen-bond acceptors (Lipinski definition) is 4. The Kier molecular flexibility index (Phi) is 5.60. The second kappa shape index (κ2) is 7.49. The first kappa shape index (κ1) is 17.2. The maximum atomic E-state index is 12.7. The van der Waals surface area contributed by atoms with Gasteiger partial charge in [0.2, 0.25) is 5.91 Å². The smallest absolute Gasteiger partial charge is 0.236 e. The Morgan fingerprint density at radius 3 is 2.39 bits per heavy atom. The number of carbonyl (C=O) groups is 1. The first-order chi connectivity index (χ1) is 11.0. The van der Waals surface area contributed by atoms with E-state index in [-0.39, 0.29) is 24.2 Å². The van der Waals surface area contributed by atoms with Crippen LogP contribution in [0.3, 0.4) is 0 Å². The van der Waals surface area contributed by atoms with Gasteiger partial charge in [-0.3, -0.25) is 9.69 Å². The highest BCUT2D eigenvalue weighted by atomic mass is 16.5. The van der Waals surface area contributed by atoms with Crippen LogP contribution in [0.5, 0.6) is 0 Å². The fourth-order valence-corrected chi connectivity index (χ4v) is 4.76. The lowest BCUT2D eigenvalue weighted by atomic mass is 9.83. The summed E-state index contributed by atoms with van der Waals surface area (Å²) in [6, 6.07) is 0.394. The van der Waals surface area contributed by atoms with Crippen LogP contribution in [-0.2, 0) is 9.53 Å². The minimum absolute atomic E-state index is 0.112. The van der Waals surface area contributed by atoms with E-state index in [1.54, 1.807) is 0 Å². The second-order valence-corrected chi connectivity index (χ2v) is 7.84. The zero-order valence-electron chi connectivity index (χ0n) is 14.6. The van der Waals surface area contributed by atoms with Crippen molar-refractivity contribution in [3.8, 4) is 0 Å². The summed E-state index contributed by atoms with van der Waals surface area (Å²) in [5, 5.41) is 10.1. The Bertz CT molecular complexity index is 401. The molecule has 0 radical (unpaired) electrons. The number of carbonyl (C=O) groups excluding carboxylic acids is 1. The molecule has 2 saturated heterocycles. The summed E-state index contributed by atoms with van der Waals surface area (Å²) in [6.07, 6.45) is 7.26. The van der Waals surface area contributed by atoms with E-state index in [9.17, 15) is 9.90 Å². The third kappa shape index (κ3) is 4.25. The number of amides is 1. The Hall–Kier alpha value is -0.650. The van der Waals surface area contributed by atoms with Gasteiger partial charge < -0.3 is 14.7 Å². The van der Waals surface area contributed by atoms with Crippen molar-refractivity contribution in [1.82, 2.24) is 9.80 Å². The van der Waals surface area contributed by atoms with Crippen molar-refractivity contribution in [1.29, 1.82) is 0 Å². The molecular formula is C18H32N2O3. The quantitative estimate of drug-likeness (QED) is 0.857. The number of hydrogen-bond donors (Lipinski definition) is 1. The largest absolute Gasteiger partial charge is 0.392 e. The lowest BCUT2D eigenvalue weighted by Crippen LogP contribution is -2.52. The van der Waals surface area contributed by atoms with Gasteiger partial charge >= 0.3 is 0 Å². The third-order valence-corrected chi connectivity index (χ3v) is 5.73. The summed E-state index contributed by atoms with van der Waals surface area (Å²) < 4.78 is 5.72. The van der Waals surface area contributed by atoms with Gasteiger partial charge in [-0.1, -0.05) is 19.3 Å². The van der Waals surface area contributed by atoms with E-state index >= 15 is 0 Å². The van der Waals surface area contributed by atoms with Gasteiger partial charge in [-0.05, 0) is 39.0 Å². The van der Waals surface area contributed by atoms with Crippen LogP contribution in [0.15, 0.2) is 0 Å². The predicted octanol–water partition coefficient (Wildman–Crippen LogP) is 1.64. The maximum absolute atomic E-state index is 12.7. The van der Waals surface area contributed by atoms with Gasteiger partial charge in [0.05, 0.1) is 24.9 Å². The van der Waals surface area contributed by atoms with Gasteiger partial charge in [-0.2, -0.15) is 0 Å². The Balaban J connectivity index is 1.59. The van der Waals surface area contributed by atoms with Crippen molar-refractivity contribution in [3.63, 3.8) is 0 Å². The summed E-state index contributed by atoms with van der Waals surface area (Å²) in [4.78, 5) is 16.9. The van der Waals surface area contributed by atoms with Crippen molar-refractivity contribution in [2.75, 3.05) is 26.2 Å². The molecule has 0 aromatic carbocycles. The van der Waals surface area contributed by atoms with Crippen LogP contribution in [0.1, 0.15) is 52.4 Å². The molecule has 0 bridgehead atoms. The highest BCUT2D eigenvalue weighted by Crippen LogP contribution is 2.34. The number of aliphatic hydroxyl groups is 1. The molecule has 132 valence electrons. The monoisotopic (exact) mass is 324 g/mol. The number of aliphatic hydroxyl groups excluding tert-OH is 1. The van der Waals surface area contributed by atoms with Crippen molar-refractivity contribution in [3.05, 3.63) is 0 Å². The molecule has 23 heavy (non-hydrogen) atoms.